The molecular formula is C15H20BrFN2O. The highest BCUT2D eigenvalue weighted by molar-refractivity contribution is 9.10. The largest absolute Gasteiger partial charge is 0.334 e. The molecule has 1 aromatic rings. The summed E-state index contributed by atoms with van der Waals surface area (Å²) in [7, 11) is 0. The summed E-state index contributed by atoms with van der Waals surface area (Å²) in [4.78, 5) is 14.5. The van der Waals surface area contributed by atoms with E-state index in [4.69, 9.17) is 0 Å². The highest BCUT2D eigenvalue weighted by Gasteiger charge is 2.25. The van der Waals surface area contributed by atoms with Gasteiger partial charge in [-0.15, -0.1) is 0 Å². The quantitative estimate of drug-likeness (QED) is 0.911. The van der Waals surface area contributed by atoms with Gasteiger partial charge in [0.25, 0.3) is 5.91 Å². The van der Waals surface area contributed by atoms with Crippen molar-refractivity contribution in [2.75, 3.05) is 19.6 Å². The Morgan fingerprint density at radius 3 is 2.95 bits per heavy atom. The fraction of sp³-hybridized carbons (Fsp3) is 0.533. The normalized spacial score (nSPS) is 18.9. The fourth-order valence-electron chi connectivity index (χ4n) is 2.59. The molecule has 3 nitrogen and oxygen atoms in total. The summed E-state index contributed by atoms with van der Waals surface area (Å²) in [6, 6.07) is 4.79. The number of hydrogen-bond donors (Lipinski definition) is 1. The molecule has 0 radical (unpaired) electrons. The lowest BCUT2D eigenvalue weighted by Crippen LogP contribution is -2.49. The Bertz CT molecular complexity index is 475. The minimum absolute atomic E-state index is 0.0769. The molecule has 0 aliphatic carbocycles. The second kappa shape index (κ2) is 7.18. The maximum absolute atomic E-state index is 13.6. The first-order valence-electron chi connectivity index (χ1n) is 7.10. The van der Waals surface area contributed by atoms with Gasteiger partial charge in [-0.2, -0.15) is 0 Å². The first-order chi connectivity index (χ1) is 9.63. The Kier molecular flexibility index (Phi) is 5.54. The summed E-state index contributed by atoms with van der Waals surface area (Å²) in [6.45, 7) is 4.60. The van der Waals surface area contributed by atoms with Gasteiger partial charge in [0.2, 0.25) is 0 Å². The van der Waals surface area contributed by atoms with Crippen LogP contribution in [0.1, 0.15) is 36.5 Å². The zero-order chi connectivity index (χ0) is 14.5. The van der Waals surface area contributed by atoms with Gasteiger partial charge in [0.1, 0.15) is 5.82 Å². The van der Waals surface area contributed by atoms with Crippen molar-refractivity contribution in [3.8, 4) is 0 Å². The molecular weight excluding hydrogens is 323 g/mol. The van der Waals surface area contributed by atoms with Gasteiger partial charge in [-0.1, -0.05) is 6.92 Å². The van der Waals surface area contributed by atoms with E-state index in [-0.39, 0.29) is 11.9 Å². The Morgan fingerprint density at radius 1 is 1.55 bits per heavy atom. The molecule has 0 saturated carbocycles. The molecule has 110 valence electrons. The Labute approximate surface area is 127 Å². The van der Waals surface area contributed by atoms with Crippen LogP contribution in [0, 0.1) is 5.82 Å². The molecule has 0 spiro atoms. The smallest absolute Gasteiger partial charge is 0.254 e. The molecule has 1 fully saturated rings. The Balaban J connectivity index is 2.18. The van der Waals surface area contributed by atoms with E-state index in [9.17, 15) is 9.18 Å². The molecule has 1 amide bonds. The summed E-state index contributed by atoms with van der Waals surface area (Å²) >= 11 is 3.11. The molecule has 1 N–H and O–H groups in total. The number of amides is 1. The maximum Gasteiger partial charge on any atom is 0.254 e. The van der Waals surface area contributed by atoms with E-state index in [0.717, 1.165) is 32.4 Å². The molecule has 1 aliphatic rings. The van der Waals surface area contributed by atoms with Gasteiger partial charge in [0.05, 0.1) is 4.47 Å². The predicted octanol–water partition coefficient (Wildman–Crippen LogP) is 3.19. The van der Waals surface area contributed by atoms with Crippen molar-refractivity contribution < 1.29 is 9.18 Å². The number of nitrogens with one attached hydrogen (secondary N) is 1. The number of piperidine rings is 1. The van der Waals surface area contributed by atoms with Crippen LogP contribution < -0.4 is 5.32 Å². The summed E-state index contributed by atoms with van der Waals surface area (Å²) in [5.74, 6) is -0.471. The minimum Gasteiger partial charge on any atom is -0.334 e. The molecule has 0 aromatic heterocycles. The Hall–Kier alpha value is -0.940. The van der Waals surface area contributed by atoms with E-state index in [0.29, 0.717) is 16.6 Å². The van der Waals surface area contributed by atoms with Gasteiger partial charge in [0, 0.05) is 24.7 Å². The number of benzene rings is 1. The lowest BCUT2D eigenvalue weighted by Gasteiger charge is -2.34. The van der Waals surface area contributed by atoms with Gasteiger partial charge in [0.15, 0.2) is 0 Å². The summed E-state index contributed by atoms with van der Waals surface area (Å²) in [5, 5.41) is 3.33. The zero-order valence-corrected chi connectivity index (χ0v) is 13.2. The summed E-state index contributed by atoms with van der Waals surface area (Å²) in [5.41, 5.74) is 0.421. The number of hydrogen-bond acceptors (Lipinski definition) is 2. The molecule has 1 aromatic carbocycles. The van der Waals surface area contributed by atoms with Crippen molar-refractivity contribution in [3.05, 3.63) is 34.1 Å². The van der Waals surface area contributed by atoms with Crippen LogP contribution in [0.4, 0.5) is 4.39 Å². The molecule has 1 unspecified atom stereocenters. The van der Waals surface area contributed by atoms with E-state index in [1.54, 1.807) is 12.1 Å². The van der Waals surface area contributed by atoms with Crippen molar-refractivity contribution in [2.24, 2.45) is 0 Å². The maximum atomic E-state index is 13.6. The van der Waals surface area contributed by atoms with Crippen molar-refractivity contribution in [1.82, 2.24) is 10.2 Å². The van der Waals surface area contributed by atoms with Crippen molar-refractivity contribution >= 4 is 21.8 Å². The third-order valence-electron chi connectivity index (χ3n) is 3.60. The SMILES string of the molecule is CCCN(C(=O)c1ccc(Br)c(F)c1)C1CCCNC1. The van der Waals surface area contributed by atoms with Crippen molar-refractivity contribution in [1.29, 1.82) is 0 Å². The topological polar surface area (TPSA) is 32.3 Å². The number of carbonyl (C=O) groups excluding carboxylic acids is 1. The average molecular weight is 343 g/mol. The van der Waals surface area contributed by atoms with Crippen LogP contribution in [-0.4, -0.2) is 36.5 Å². The highest BCUT2D eigenvalue weighted by Crippen LogP contribution is 2.20. The van der Waals surface area contributed by atoms with Crippen LogP contribution in [0.25, 0.3) is 0 Å². The van der Waals surface area contributed by atoms with Crippen LogP contribution in [-0.2, 0) is 0 Å². The van der Waals surface area contributed by atoms with E-state index in [1.165, 1.54) is 6.07 Å². The minimum atomic E-state index is -0.394. The van der Waals surface area contributed by atoms with Crippen LogP contribution in [0.2, 0.25) is 0 Å². The van der Waals surface area contributed by atoms with E-state index >= 15 is 0 Å². The summed E-state index contributed by atoms with van der Waals surface area (Å²) in [6.07, 6.45) is 2.99. The van der Waals surface area contributed by atoms with Crippen LogP contribution in [0.3, 0.4) is 0 Å². The molecule has 1 atom stereocenters. The third-order valence-corrected chi connectivity index (χ3v) is 4.25. The molecule has 1 aliphatic heterocycles. The Morgan fingerprint density at radius 2 is 2.35 bits per heavy atom. The second-order valence-electron chi connectivity index (χ2n) is 5.13. The number of rotatable bonds is 4. The number of carbonyl (C=O) groups is 1. The fourth-order valence-corrected chi connectivity index (χ4v) is 2.83. The van der Waals surface area contributed by atoms with Gasteiger partial charge in [-0.05, 0) is 59.9 Å². The van der Waals surface area contributed by atoms with E-state index in [2.05, 4.69) is 28.2 Å². The molecule has 2 rings (SSSR count). The predicted molar refractivity (Wildman–Crippen MR) is 81.3 cm³/mol. The van der Waals surface area contributed by atoms with E-state index in [1.807, 2.05) is 4.90 Å². The molecule has 0 bridgehead atoms. The van der Waals surface area contributed by atoms with Crippen molar-refractivity contribution in [2.45, 2.75) is 32.2 Å². The molecule has 5 heteroatoms. The monoisotopic (exact) mass is 342 g/mol. The molecule has 20 heavy (non-hydrogen) atoms. The lowest BCUT2D eigenvalue weighted by molar-refractivity contribution is 0.0648. The van der Waals surface area contributed by atoms with Gasteiger partial charge >= 0.3 is 0 Å². The highest BCUT2D eigenvalue weighted by atomic mass is 79.9. The van der Waals surface area contributed by atoms with Gasteiger partial charge < -0.3 is 10.2 Å². The zero-order valence-electron chi connectivity index (χ0n) is 11.7. The lowest BCUT2D eigenvalue weighted by atomic mass is 10.0. The summed E-state index contributed by atoms with van der Waals surface area (Å²) < 4.78 is 14.0. The average Bonchev–Trinajstić information content (AvgIpc) is 2.48. The first-order valence-corrected chi connectivity index (χ1v) is 7.89. The third kappa shape index (κ3) is 3.58. The molecule has 1 heterocycles. The van der Waals surface area contributed by atoms with E-state index < -0.39 is 5.82 Å². The van der Waals surface area contributed by atoms with Crippen molar-refractivity contribution in [3.63, 3.8) is 0 Å². The second-order valence-corrected chi connectivity index (χ2v) is 5.98. The standard InChI is InChI=1S/C15H20BrFN2O/c1-2-8-19(12-4-3-7-18-10-12)15(20)11-5-6-13(16)14(17)9-11/h5-6,9,12,18H,2-4,7-8,10H2,1H3. The number of nitrogens with zero attached hydrogens (tertiary/aromatic N) is 1. The number of halogens is 2. The van der Waals surface area contributed by atoms with Crippen LogP contribution in [0.5, 0.6) is 0 Å². The molecule has 1 saturated heterocycles. The van der Waals surface area contributed by atoms with Gasteiger partial charge in [-0.25, -0.2) is 4.39 Å². The first kappa shape index (κ1) is 15.4. The van der Waals surface area contributed by atoms with Crippen LogP contribution >= 0.6 is 15.9 Å². The van der Waals surface area contributed by atoms with Gasteiger partial charge in [-0.3, -0.25) is 4.79 Å². The van der Waals surface area contributed by atoms with Crippen LogP contribution in [0.15, 0.2) is 22.7 Å².